The van der Waals surface area contributed by atoms with Crippen molar-refractivity contribution in [2.45, 2.75) is 19.3 Å². The van der Waals surface area contributed by atoms with Crippen LogP contribution in [0.25, 0.3) is 11.0 Å². The molecular formula is C33H32FN7O6. The standard InChI is InChI=1S/C33H32FN7O6/c1-44-29-27(46-14-2-11-41-12-15-45-16-13-41)18-25-28(40-29)30(37-20-36-25)47-26-8-7-24(17-21(26)19-35)39-32(43)33(9-10-33)31(42)38-23-5-3-22(34)4-6-23/h3-8,17-18,20H,2,9-16H2,1H3,(H,38,42)(H,39,43). The number of amides is 2. The van der Waals surface area contributed by atoms with Gasteiger partial charge in [-0.15, -0.1) is 0 Å². The van der Waals surface area contributed by atoms with Gasteiger partial charge in [0, 0.05) is 37.1 Å². The Morgan fingerprint density at radius 3 is 2.43 bits per heavy atom. The van der Waals surface area contributed by atoms with Crippen LogP contribution in [0.1, 0.15) is 24.8 Å². The third kappa shape index (κ3) is 7.21. The fourth-order valence-corrected chi connectivity index (χ4v) is 5.15. The van der Waals surface area contributed by atoms with Gasteiger partial charge < -0.3 is 29.6 Å². The lowest BCUT2D eigenvalue weighted by Crippen LogP contribution is -2.37. The number of hydrogen-bond acceptors (Lipinski definition) is 11. The lowest BCUT2D eigenvalue weighted by Gasteiger charge is -2.26. The molecule has 0 unspecified atom stereocenters. The Labute approximate surface area is 269 Å². The first-order valence-electron chi connectivity index (χ1n) is 15.1. The van der Waals surface area contributed by atoms with Crippen LogP contribution >= 0.6 is 0 Å². The van der Waals surface area contributed by atoms with Crippen molar-refractivity contribution < 1.29 is 32.9 Å². The molecule has 13 nitrogen and oxygen atoms in total. The molecule has 2 amide bonds. The Balaban J connectivity index is 1.13. The average Bonchev–Trinajstić information content (AvgIpc) is 3.91. The van der Waals surface area contributed by atoms with Crippen molar-refractivity contribution in [3.63, 3.8) is 0 Å². The number of ether oxygens (including phenoxy) is 4. The molecule has 242 valence electrons. The average molecular weight is 642 g/mol. The van der Waals surface area contributed by atoms with E-state index in [1.165, 1.54) is 49.8 Å². The van der Waals surface area contributed by atoms with Crippen LogP contribution in [0.5, 0.6) is 23.3 Å². The van der Waals surface area contributed by atoms with E-state index in [0.29, 0.717) is 47.6 Å². The first-order valence-corrected chi connectivity index (χ1v) is 15.1. The summed E-state index contributed by atoms with van der Waals surface area (Å²) in [6, 6.07) is 13.6. The highest BCUT2D eigenvalue weighted by Crippen LogP contribution is 2.47. The summed E-state index contributed by atoms with van der Waals surface area (Å²) >= 11 is 0. The van der Waals surface area contributed by atoms with Gasteiger partial charge >= 0.3 is 0 Å². The molecule has 1 saturated carbocycles. The molecule has 47 heavy (non-hydrogen) atoms. The maximum atomic E-state index is 13.2. The second-order valence-electron chi connectivity index (χ2n) is 11.1. The minimum absolute atomic E-state index is 0.0925. The number of fused-ring (bicyclic) bond motifs is 1. The molecule has 14 heteroatoms. The molecule has 3 heterocycles. The highest BCUT2D eigenvalue weighted by Gasteiger charge is 2.56. The van der Waals surface area contributed by atoms with Crippen LogP contribution in [0.3, 0.4) is 0 Å². The largest absolute Gasteiger partial charge is 0.488 e. The minimum atomic E-state index is -1.26. The quantitative estimate of drug-likeness (QED) is 0.168. The fraction of sp³-hybridized carbons (Fsp3) is 0.333. The van der Waals surface area contributed by atoms with E-state index >= 15 is 0 Å². The smallest absolute Gasteiger partial charge is 0.257 e. The number of halogens is 1. The predicted molar refractivity (Wildman–Crippen MR) is 168 cm³/mol. The highest BCUT2D eigenvalue weighted by molar-refractivity contribution is 6.17. The van der Waals surface area contributed by atoms with Gasteiger partial charge in [-0.2, -0.15) is 10.2 Å². The zero-order valence-electron chi connectivity index (χ0n) is 25.6. The molecule has 6 rings (SSSR count). The highest BCUT2D eigenvalue weighted by atomic mass is 19.1. The Hall–Kier alpha value is -5.39. The summed E-state index contributed by atoms with van der Waals surface area (Å²) in [5.41, 5.74) is 0.303. The number of rotatable bonds is 12. The predicted octanol–water partition coefficient (Wildman–Crippen LogP) is 4.29. The molecule has 1 saturated heterocycles. The second-order valence-corrected chi connectivity index (χ2v) is 11.1. The number of methoxy groups -OCH3 is 1. The number of hydrogen-bond donors (Lipinski definition) is 2. The number of carbonyl (C=O) groups is 2. The molecule has 2 aromatic heterocycles. The normalized spacial score (nSPS) is 15.3. The molecule has 0 spiro atoms. The third-order valence-electron chi connectivity index (χ3n) is 7.97. The van der Waals surface area contributed by atoms with Crippen LogP contribution in [0.2, 0.25) is 0 Å². The molecule has 4 aromatic rings. The van der Waals surface area contributed by atoms with Crippen LogP contribution in [-0.4, -0.2) is 78.2 Å². The van der Waals surface area contributed by atoms with E-state index in [1.54, 1.807) is 12.1 Å². The number of anilines is 2. The summed E-state index contributed by atoms with van der Waals surface area (Å²) in [4.78, 5) is 41.5. The summed E-state index contributed by atoms with van der Waals surface area (Å²) in [6.07, 6.45) is 2.85. The molecule has 2 fully saturated rings. The van der Waals surface area contributed by atoms with Crippen molar-refractivity contribution in [2.24, 2.45) is 5.41 Å². The van der Waals surface area contributed by atoms with E-state index in [1.807, 2.05) is 0 Å². The number of pyridine rings is 1. The maximum absolute atomic E-state index is 13.2. The van der Waals surface area contributed by atoms with Crippen LogP contribution in [0.4, 0.5) is 15.8 Å². The summed E-state index contributed by atoms with van der Waals surface area (Å²) < 4.78 is 36.1. The van der Waals surface area contributed by atoms with Crippen molar-refractivity contribution in [3.8, 4) is 29.3 Å². The Kier molecular flexibility index (Phi) is 9.37. The van der Waals surface area contributed by atoms with E-state index in [9.17, 15) is 19.2 Å². The molecule has 2 aromatic carbocycles. The van der Waals surface area contributed by atoms with Gasteiger partial charge in [0.1, 0.15) is 34.9 Å². The third-order valence-corrected chi connectivity index (χ3v) is 7.97. The van der Waals surface area contributed by atoms with Crippen LogP contribution in [0.15, 0.2) is 54.9 Å². The summed E-state index contributed by atoms with van der Waals surface area (Å²) in [5.74, 6) is -0.492. The Morgan fingerprint density at radius 2 is 1.72 bits per heavy atom. The van der Waals surface area contributed by atoms with Crippen molar-refractivity contribution in [3.05, 3.63) is 66.2 Å². The van der Waals surface area contributed by atoms with Gasteiger partial charge in [-0.25, -0.2) is 14.4 Å². The number of benzene rings is 2. The lowest BCUT2D eigenvalue weighted by atomic mass is 10.0. The zero-order valence-corrected chi connectivity index (χ0v) is 25.6. The Bertz CT molecular complexity index is 1820. The van der Waals surface area contributed by atoms with Gasteiger partial charge in [-0.3, -0.25) is 14.5 Å². The first-order chi connectivity index (χ1) is 22.9. The van der Waals surface area contributed by atoms with Gasteiger partial charge in [-0.05, 0) is 61.7 Å². The molecular weight excluding hydrogens is 609 g/mol. The molecule has 0 bridgehead atoms. The van der Waals surface area contributed by atoms with Crippen LogP contribution < -0.4 is 24.8 Å². The number of aromatic nitrogens is 3. The topological polar surface area (TPSA) is 161 Å². The monoisotopic (exact) mass is 641 g/mol. The number of nitrogens with zero attached hydrogens (tertiary/aromatic N) is 5. The van der Waals surface area contributed by atoms with E-state index in [4.69, 9.17) is 18.9 Å². The van der Waals surface area contributed by atoms with Crippen LogP contribution in [0, 0.1) is 22.6 Å². The van der Waals surface area contributed by atoms with Gasteiger partial charge in [-0.1, -0.05) is 0 Å². The number of morpholine rings is 1. The Morgan fingerprint density at radius 1 is 1.00 bits per heavy atom. The van der Waals surface area contributed by atoms with Gasteiger partial charge in [0.25, 0.3) is 5.88 Å². The van der Waals surface area contributed by atoms with E-state index in [0.717, 1.165) is 39.3 Å². The van der Waals surface area contributed by atoms with Crippen molar-refractivity contribution >= 4 is 34.2 Å². The molecule has 2 N–H and O–H groups in total. The van der Waals surface area contributed by atoms with Crippen molar-refractivity contribution in [1.82, 2.24) is 19.9 Å². The van der Waals surface area contributed by atoms with Gasteiger partial charge in [0.2, 0.25) is 17.7 Å². The van der Waals surface area contributed by atoms with E-state index in [-0.39, 0.29) is 23.1 Å². The summed E-state index contributed by atoms with van der Waals surface area (Å²) in [6.45, 7) is 4.65. The molecule has 0 radical (unpaired) electrons. The first kappa shape index (κ1) is 31.6. The molecule has 0 atom stereocenters. The number of nitrogens with one attached hydrogen (secondary N) is 2. The fourth-order valence-electron chi connectivity index (χ4n) is 5.15. The molecule has 2 aliphatic rings. The number of nitriles is 1. The van der Waals surface area contributed by atoms with E-state index < -0.39 is 23.0 Å². The lowest BCUT2D eigenvalue weighted by molar-refractivity contribution is -0.131. The van der Waals surface area contributed by atoms with E-state index in [2.05, 4.69) is 36.6 Å². The zero-order chi connectivity index (χ0) is 32.8. The summed E-state index contributed by atoms with van der Waals surface area (Å²) in [7, 11) is 1.48. The molecule has 1 aliphatic heterocycles. The van der Waals surface area contributed by atoms with Crippen molar-refractivity contribution in [2.75, 3.05) is 57.2 Å². The van der Waals surface area contributed by atoms with Gasteiger partial charge in [0.15, 0.2) is 11.3 Å². The minimum Gasteiger partial charge on any atom is -0.488 e. The molecule has 1 aliphatic carbocycles. The summed E-state index contributed by atoms with van der Waals surface area (Å²) in [5, 5.41) is 15.3. The van der Waals surface area contributed by atoms with Crippen LogP contribution in [-0.2, 0) is 14.3 Å². The maximum Gasteiger partial charge on any atom is 0.257 e. The number of carbonyl (C=O) groups excluding carboxylic acids is 2. The second kappa shape index (κ2) is 13.9. The SMILES string of the molecule is COc1nc2c(Oc3ccc(NC(=O)C4(C(=O)Nc5ccc(F)cc5)CC4)cc3C#N)ncnc2cc1OCCCN1CCOCC1. The van der Waals surface area contributed by atoms with Gasteiger partial charge in [0.05, 0.1) is 32.5 Å². The van der Waals surface area contributed by atoms with Crippen molar-refractivity contribution in [1.29, 1.82) is 5.26 Å².